The van der Waals surface area contributed by atoms with E-state index in [-0.39, 0.29) is 6.03 Å². The summed E-state index contributed by atoms with van der Waals surface area (Å²) in [5.74, 6) is -1.27. The molecular weight excluding hydrogens is 392 g/mol. The number of hydrogen-bond acceptors (Lipinski definition) is 3. The lowest BCUT2D eigenvalue weighted by molar-refractivity contribution is -0.138. The van der Waals surface area contributed by atoms with Gasteiger partial charge in [0.05, 0.1) is 18.7 Å². The first-order chi connectivity index (χ1) is 14.9. The van der Waals surface area contributed by atoms with Crippen LogP contribution in [-0.2, 0) is 4.79 Å². The van der Waals surface area contributed by atoms with Gasteiger partial charge < -0.3 is 15.2 Å². The van der Waals surface area contributed by atoms with Crippen LogP contribution in [0.2, 0.25) is 0 Å². The van der Waals surface area contributed by atoms with Gasteiger partial charge in [-0.15, -0.1) is 0 Å². The topological polar surface area (TPSA) is 78.9 Å². The first kappa shape index (κ1) is 24.3. The van der Waals surface area contributed by atoms with Crippen molar-refractivity contribution in [2.75, 3.05) is 25.6 Å². The first-order valence-corrected chi connectivity index (χ1v) is 10.9. The molecule has 6 nitrogen and oxygen atoms in total. The van der Waals surface area contributed by atoms with E-state index in [1.165, 1.54) is 17.7 Å². The Bertz CT molecular complexity index is 867. The molecule has 0 saturated carbocycles. The Hall–Kier alpha value is -3.02. The average Bonchev–Trinajstić information content (AvgIpc) is 2.79. The van der Waals surface area contributed by atoms with E-state index in [1.807, 2.05) is 36.4 Å². The molecule has 0 spiro atoms. The van der Waals surface area contributed by atoms with Crippen molar-refractivity contribution in [2.24, 2.45) is 0 Å². The fourth-order valence-electron chi connectivity index (χ4n) is 3.61. The summed E-state index contributed by atoms with van der Waals surface area (Å²) in [7, 11) is 3.19. The maximum absolute atomic E-state index is 12.9. The number of carbonyl (C=O) groups is 2. The lowest BCUT2D eigenvalue weighted by Gasteiger charge is -2.26. The lowest BCUT2D eigenvalue weighted by Crippen LogP contribution is -2.38. The number of aliphatic carboxylic acids is 1. The van der Waals surface area contributed by atoms with E-state index in [0.717, 1.165) is 30.4 Å². The molecule has 2 amide bonds. The number of benzene rings is 2. The Morgan fingerprint density at radius 3 is 2.35 bits per heavy atom. The Morgan fingerprint density at radius 2 is 1.74 bits per heavy atom. The predicted octanol–water partition coefficient (Wildman–Crippen LogP) is 5.67. The zero-order valence-corrected chi connectivity index (χ0v) is 19.0. The van der Waals surface area contributed by atoms with Gasteiger partial charge in [-0.25, -0.2) is 4.79 Å². The fraction of sp³-hybridized carbons (Fsp3) is 0.440. The van der Waals surface area contributed by atoms with Gasteiger partial charge in [0.1, 0.15) is 0 Å². The van der Waals surface area contributed by atoms with E-state index in [2.05, 4.69) is 12.2 Å². The van der Waals surface area contributed by atoms with Gasteiger partial charge in [-0.05, 0) is 24.5 Å². The molecule has 31 heavy (non-hydrogen) atoms. The van der Waals surface area contributed by atoms with Gasteiger partial charge in [0.25, 0.3) is 0 Å². The summed E-state index contributed by atoms with van der Waals surface area (Å²) in [6, 6.07) is 13.0. The summed E-state index contributed by atoms with van der Waals surface area (Å²) in [5, 5.41) is 12.6. The first-order valence-electron chi connectivity index (χ1n) is 10.9. The molecule has 6 heteroatoms. The average molecular weight is 427 g/mol. The van der Waals surface area contributed by atoms with Crippen LogP contribution in [0, 0.1) is 0 Å². The molecule has 0 saturated heterocycles. The van der Waals surface area contributed by atoms with Crippen molar-refractivity contribution in [3.63, 3.8) is 0 Å². The van der Waals surface area contributed by atoms with Crippen LogP contribution < -0.4 is 15.0 Å². The zero-order chi connectivity index (χ0) is 22.8. The number of methoxy groups -OCH3 is 1. The highest BCUT2D eigenvalue weighted by Crippen LogP contribution is 2.43. The summed E-state index contributed by atoms with van der Waals surface area (Å²) in [4.78, 5) is 26.1. The highest BCUT2D eigenvalue weighted by molar-refractivity contribution is 5.98. The van der Waals surface area contributed by atoms with E-state index in [4.69, 9.17) is 4.74 Å². The minimum absolute atomic E-state index is 0.280. The Kier molecular flexibility index (Phi) is 9.38. The van der Waals surface area contributed by atoms with Gasteiger partial charge in [-0.3, -0.25) is 9.69 Å². The molecule has 0 fully saturated rings. The molecule has 2 aromatic rings. The van der Waals surface area contributed by atoms with Crippen LogP contribution in [0.3, 0.4) is 0 Å². The van der Waals surface area contributed by atoms with Crippen molar-refractivity contribution in [3.05, 3.63) is 48.0 Å². The number of hydrogen-bond donors (Lipinski definition) is 2. The molecule has 1 unspecified atom stereocenters. The van der Waals surface area contributed by atoms with Crippen LogP contribution in [0.5, 0.6) is 5.75 Å². The van der Waals surface area contributed by atoms with E-state index < -0.39 is 11.9 Å². The summed E-state index contributed by atoms with van der Waals surface area (Å²) in [6.45, 7) is 4.36. The predicted molar refractivity (Wildman–Crippen MR) is 125 cm³/mol. The number of carboxylic acid groups (broad SMARTS) is 1. The Morgan fingerprint density at radius 1 is 1.06 bits per heavy atom. The van der Waals surface area contributed by atoms with E-state index >= 15 is 0 Å². The van der Waals surface area contributed by atoms with Crippen molar-refractivity contribution >= 4 is 17.7 Å². The zero-order valence-electron chi connectivity index (χ0n) is 19.0. The van der Waals surface area contributed by atoms with E-state index in [1.54, 1.807) is 27.1 Å². The van der Waals surface area contributed by atoms with Gasteiger partial charge in [0.2, 0.25) is 0 Å². The second kappa shape index (κ2) is 12.0. The third kappa shape index (κ3) is 6.23. The number of carbonyl (C=O) groups excluding carboxylic acids is 1. The molecule has 0 aliphatic heterocycles. The van der Waals surface area contributed by atoms with Gasteiger partial charge in [-0.1, -0.05) is 75.1 Å². The maximum atomic E-state index is 12.9. The second-order valence-electron chi connectivity index (χ2n) is 7.72. The number of carboxylic acids is 1. The number of rotatable bonds is 11. The fourth-order valence-corrected chi connectivity index (χ4v) is 3.61. The number of ether oxygens (including phenoxy) is 1. The summed E-state index contributed by atoms with van der Waals surface area (Å²) >= 11 is 0. The molecular formula is C25H34N2O4. The normalized spacial score (nSPS) is 11.6. The van der Waals surface area contributed by atoms with Crippen molar-refractivity contribution in [2.45, 2.75) is 51.9 Å². The van der Waals surface area contributed by atoms with Gasteiger partial charge in [0, 0.05) is 19.2 Å². The minimum Gasteiger partial charge on any atom is -0.494 e. The van der Waals surface area contributed by atoms with Crippen LogP contribution in [0.1, 0.15) is 57.4 Å². The summed E-state index contributed by atoms with van der Waals surface area (Å²) in [6.07, 6.45) is 5.53. The SMILES string of the molecule is CCCCCCCNC(=O)N(C)c1c(C(C)C(=O)O)ccc(-c2ccccc2)c1OC. The van der Waals surface area contributed by atoms with Crippen LogP contribution in [0.4, 0.5) is 10.5 Å². The largest absolute Gasteiger partial charge is 0.494 e. The molecule has 2 N–H and O–H groups in total. The molecule has 0 aliphatic rings. The molecule has 0 radical (unpaired) electrons. The van der Waals surface area contributed by atoms with Crippen molar-refractivity contribution < 1.29 is 19.4 Å². The van der Waals surface area contributed by atoms with E-state index in [0.29, 0.717) is 23.5 Å². The quantitative estimate of drug-likeness (QED) is 0.454. The number of unbranched alkanes of at least 4 members (excludes halogenated alkanes) is 4. The molecule has 2 rings (SSSR count). The Balaban J connectivity index is 2.37. The number of amides is 2. The molecule has 0 bridgehead atoms. The molecule has 168 valence electrons. The third-order valence-electron chi connectivity index (χ3n) is 5.49. The number of urea groups is 1. The molecule has 1 atom stereocenters. The van der Waals surface area contributed by atoms with Crippen molar-refractivity contribution in [1.82, 2.24) is 5.32 Å². The molecule has 0 aliphatic carbocycles. The lowest BCUT2D eigenvalue weighted by atomic mass is 9.93. The smallest absolute Gasteiger partial charge is 0.321 e. The molecule has 0 heterocycles. The monoisotopic (exact) mass is 426 g/mol. The van der Waals surface area contributed by atoms with Crippen LogP contribution in [0.25, 0.3) is 11.1 Å². The molecule has 2 aromatic carbocycles. The summed E-state index contributed by atoms with van der Waals surface area (Å²) in [5.41, 5.74) is 2.74. The number of nitrogens with zero attached hydrogens (tertiary/aromatic N) is 1. The Labute approximate surface area is 185 Å². The standard InChI is InChI=1S/C25H34N2O4/c1-5-6-7-8-12-17-26-25(30)27(3)22-20(18(2)24(28)29)15-16-21(23(22)31-4)19-13-10-9-11-14-19/h9-11,13-16,18H,5-8,12,17H2,1-4H3,(H,26,30)(H,28,29). The van der Waals surface area contributed by atoms with Crippen LogP contribution >= 0.6 is 0 Å². The highest BCUT2D eigenvalue weighted by atomic mass is 16.5. The second-order valence-corrected chi connectivity index (χ2v) is 7.72. The number of anilines is 1. The van der Waals surface area contributed by atoms with Gasteiger partial charge in [-0.2, -0.15) is 0 Å². The van der Waals surface area contributed by atoms with Crippen LogP contribution in [-0.4, -0.2) is 37.8 Å². The summed E-state index contributed by atoms with van der Waals surface area (Å²) < 4.78 is 5.73. The van der Waals surface area contributed by atoms with Gasteiger partial charge in [0.15, 0.2) is 5.75 Å². The van der Waals surface area contributed by atoms with E-state index in [9.17, 15) is 14.7 Å². The third-order valence-corrected chi connectivity index (χ3v) is 5.49. The minimum atomic E-state index is -0.958. The van der Waals surface area contributed by atoms with Crippen molar-refractivity contribution in [1.29, 1.82) is 0 Å². The highest BCUT2D eigenvalue weighted by Gasteiger charge is 2.27. The van der Waals surface area contributed by atoms with Crippen molar-refractivity contribution in [3.8, 4) is 16.9 Å². The molecule has 0 aromatic heterocycles. The van der Waals surface area contributed by atoms with Gasteiger partial charge >= 0.3 is 12.0 Å². The maximum Gasteiger partial charge on any atom is 0.321 e. The van der Waals surface area contributed by atoms with Crippen LogP contribution in [0.15, 0.2) is 42.5 Å². The number of nitrogens with one attached hydrogen (secondary N) is 1.